The van der Waals surface area contributed by atoms with Crippen LogP contribution in [-0.2, 0) is 9.53 Å². The number of nitrogens with zero attached hydrogens (tertiary/aromatic N) is 2. The predicted molar refractivity (Wildman–Crippen MR) is 136 cm³/mol. The third kappa shape index (κ3) is 5.37. The maximum Gasteiger partial charge on any atom is 0.422 e. The van der Waals surface area contributed by atoms with Gasteiger partial charge in [-0.2, -0.15) is 0 Å². The van der Waals surface area contributed by atoms with Crippen LogP contribution in [0.3, 0.4) is 0 Å². The number of unbranched alkanes of at least 4 members (excludes halogenated alkanes) is 1. The van der Waals surface area contributed by atoms with Gasteiger partial charge in [-0.15, -0.1) is 0 Å². The van der Waals surface area contributed by atoms with Gasteiger partial charge in [0.15, 0.2) is 5.76 Å². The van der Waals surface area contributed by atoms with Crippen LogP contribution >= 0.6 is 0 Å². The second-order valence-electron chi connectivity index (χ2n) is 8.64. The summed E-state index contributed by atoms with van der Waals surface area (Å²) >= 11 is 0. The highest BCUT2D eigenvalue weighted by Gasteiger charge is 2.37. The molecule has 1 heterocycles. The molecule has 34 heavy (non-hydrogen) atoms. The Balaban J connectivity index is 1.54. The number of anilines is 3. The second kappa shape index (κ2) is 10.8. The average Bonchev–Trinajstić information content (AvgIpc) is 3.12. The number of imide groups is 1. The summed E-state index contributed by atoms with van der Waals surface area (Å²) < 4.78 is 5.30. The Kier molecular flexibility index (Phi) is 7.43. The van der Waals surface area contributed by atoms with E-state index in [1.54, 1.807) is 6.08 Å². The zero-order valence-corrected chi connectivity index (χ0v) is 19.7. The van der Waals surface area contributed by atoms with E-state index in [1.165, 1.54) is 4.90 Å². The van der Waals surface area contributed by atoms with E-state index in [0.717, 1.165) is 41.9 Å². The van der Waals surface area contributed by atoms with E-state index < -0.39 is 6.09 Å². The van der Waals surface area contributed by atoms with E-state index in [2.05, 4.69) is 43.0 Å². The molecule has 1 saturated heterocycles. The van der Waals surface area contributed by atoms with Crippen molar-refractivity contribution in [2.75, 3.05) is 11.4 Å². The maximum absolute atomic E-state index is 12.8. The lowest BCUT2D eigenvalue weighted by Gasteiger charge is -2.25. The fourth-order valence-electron chi connectivity index (χ4n) is 4.09. The molecule has 5 nitrogen and oxygen atoms in total. The monoisotopic (exact) mass is 454 g/mol. The minimum atomic E-state index is -0.587. The Hall–Kier alpha value is -3.86. The second-order valence-corrected chi connectivity index (χ2v) is 8.64. The van der Waals surface area contributed by atoms with Crippen molar-refractivity contribution in [3.8, 4) is 0 Å². The first-order valence-corrected chi connectivity index (χ1v) is 11.8. The maximum atomic E-state index is 12.8. The molecule has 1 aliphatic heterocycles. The van der Waals surface area contributed by atoms with Crippen molar-refractivity contribution in [1.29, 1.82) is 0 Å². The summed E-state index contributed by atoms with van der Waals surface area (Å²) in [4.78, 5) is 28.4. The van der Waals surface area contributed by atoms with E-state index in [-0.39, 0.29) is 17.6 Å². The van der Waals surface area contributed by atoms with Crippen LogP contribution in [0, 0.1) is 5.92 Å². The molecule has 4 rings (SSSR count). The van der Waals surface area contributed by atoms with Gasteiger partial charge in [0.1, 0.15) is 0 Å². The van der Waals surface area contributed by atoms with Gasteiger partial charge in [-0.25, -0.2) is 9.69 Å². The first-order chi connectivity index (χ1) is 16.6. The van der Waals surface area contributed by atoms with Gasteiger partial charge < -0.3 is 9.64 Å². The van der Waals surface area contributed by atoms with Crippen LogP contribution in [0.4, 0.5) is 21.9 Å². The number of hydrogen-bond donors (Lipinski definition) is 0. The van der Waals surface area contributed by atoms with Crippen molar-refractivity contribution in [3.63, 3.8) is 0 Å². The van der Waals surface area contributed by atoms with Crippen molar-refractivity contribution in [2.45, 2.75) is 33.1 Å². The van der Waals surface area contributed by atoms with E-state index >= 15 is 0 Å². The minimum Gasteiger partial charge on any atom is -0.404 e. The number of hydrogen-bond acceptors (Lipinski definition) is 4. The van der Waals surface area contributed by atoms with Crippen LogP contribution in [0.1, 0.15) is 38.7 Å². The lowest BCUT2D eigenvalue weighted by Crippen LogP contribution is -2.33. The molecular weight excluding hydrogens is 424 g/mol. The molecule has 0 N–H and O–H groups in total. The van der Waals surface area contributed by atoms with Gasteiger partial charge in [-0.3, -0.25) is 4.79 Å². The van der Waals surface area contributed by atoms with Gasteiger partial charge in [-0.1, -0.05) is 75.2 Å². The molecule has 2 amide bonds. The van der Waals surface area contributed by atoms with Crippen molar-refractivity contribution >= 4 is 35.1 Å². The van der Waals surface area contributed by atoms with Crippen LogP contribution in [0.25, 0.3) is 6.08 Å². The van der Waals surface area contributed by atoms with Crippen LogP contribution < -0.4 is 4.90 Å². The number of carbonyl (C=O) groups excluding carboxylic acids is 2. The fraction of sp³-hybridized carbons (Fsp3) is 0.241. The molecule has 5 heteroatoms. The zero-order chi connectivity index (χ0) is 23.9. The summed E-state index contributed by atoms with van der Waals surface area (Å²) in [6.07, 6.45) is 4.20. The van der Waals surface area contributed by atoms with Crippen molar-refractivity contribution in [3.05, 3.63) is 96.3 Å². The van der Waals surface area contributed by atoms with Crippen LogP contribution in [0.5, 0.6) is 0 Å². The molecular formula is C29H30N2O3. The largest absolute Gasteiger partial charge is 0.422 e. The van der Waals surface area contributed by atoms with Crippen molar-refractivity contribution in [1.82, 2.24) is 4.90 Å². The normalized spacial score (nSPS) is 15.5. The highest BCUT2D eigenvalue weighted by molar-refractivity contribution is 6.09. The summed E-state index contributed by atoms with van der Waals surface area (Å²) in [7, 11) is 0. The SMILES string of the molecule is CCCCC(C)CN1C(=O)O/C(=C/c2ccc(N(c3ccccc3)c3ccccc3)cc2)C1=O. The van der Waals surface area contributed by atoms with E-state index in [9.17, 15) is 9.59 Å². The van der Waals surface area contributed by atoms with Crippen molar-refractivity contribution in [2.24, 2.45) is 5.92 Å². The molecule has 0 saturated carbocycles. The van der Waals surface area contributed by atoms with Gasteiger partial charge in [-0.05, 0) is 60.4 Å². The van der Waals surface area contributed by atoms with Crippen LogP contribution in [-0.4, -0.2) is 23.4 Å². The van der Waals surface area contributed by atoms with E-state index in [1.807, 2.05) is 60.7 Å². The Morgan fingerprint density at radius 2 is 1.41 bits per heavy atom. The summed E-state index contributed by atoms with van der Waals surface area (Å²) in [5, 5.41) is 0. The van der Waals surface area contributed by atoms with Gasteiger partial charge >= 0.3 is 6.09 Å². The quantitative estimate of drug-likeness (QED) is 0.318. The third-order valence-electron chi connectivity index (χ3n) is 5.90. The summed E-state index contributed by atoms with van der Waals surface area (Å²) in [6, 6.07) is 28.2. The molecule has 0 aromatic heterocycles. The third-order valence-corrected chi connectivity index (χ3v) is 5.90. The summed E-state index contributed by atoms with van der Waals surface area (Å²) in [5.41, 5.74) is 3.88. The number of amides is 2. The molecule has 3 aromatic rings. The van der Waals surface area contributed by atoms with E-state index in [4.69, 9.17) is 4.74 Å². The molecule has 0 radical (unpaired) electrons. The summed E-state index contributed by atoms with van der Waals surface area (Å²) in [6.45, 7) is 4.58. The minimum absolute atomic E-state index is 0.0726. The molecule has 174 valence electrons. The first-order valence-electron chi connectivity index (χ1n) is 11.8. The number of cyclic esters (lactones) is 1. The number of carbonyl (C=O) groups is 2. The van der Waals surface area contributed by atoms with Crippen molar-refractivity contribution < 1.29 is 14.3 Å². The molecule has 1 fully saturated rings. The topological polar surface area (TPSA) is 49.9 Å². The molecule has 0 aliphatic carbocycles. The zero-order valence-electron chi connectivity index (χ0n) is 19.7. The Bertz CT molecular complexity index is 1100. The van der Waals surface area contributed by atoms with E-state index in [0.29, 0.717) is 6.54 Å². The number of benzene rings is 3. The highest BCUT2D eigenvalue weighted by Crippen LogP contribution is 2.34. The Labute approximate surface area is 201 Å². The van der Waals surface area contributed by atoms with Gasteiger partial charge in [0, 0.05) is 23.6 Å². The first kappa shape index (κ1) is 23.3. The molecule has 1 unspecified atom stereocenters. The van der Waals surface area contributed by atoms with Crippen LogP contribution in [0.15, 0.2) is 90.7 Å². The van der Waals surface area contributed by atoms with Gasteiger partial charge in [0.2, 0.25) is 0 Å². The van der Waals surface area contributed by atoms with Gasteiger partial charge in [0.05, 0.1) is 0 Å². The Morgan fingerprint density at radius 1 is 0.853 bits per heavy atom. The summed E-state index contributed by atoms with van der Waals surface area (Å²) in [5.74, 6) is -0.0481. The number of ether oxygens (including phenoxy) is 1. The predicted octanol–water partition coefficient (Wildman–Crippen LogP) is 7.30. The molecule has 3 aromatic carbocycles. The fourth-order valence-corrected chi connectivity index (χ4v) is 4.09. The lowest BCUT2D eigenvalue weighted by molar-refractivity contribution is -0.123. The highest BCUT2D eigenvalue weighted by atomic mass is 16.6. The smallest absolute Gasteiger partial charge is 0.404 e. The molecule has 1 aliphatic rings. The number of para-hydroxylation sites is 2. The average molecular weight is 455 g/mol. The van der Waals surface area contributed by atoms with Gasteiger partial charge in [0.25, 0.3) is 5.91 Å². The standard InChI is InChI=1S/C29H30N2O3/c1-3-4-11-22(2)21-30-28(32)27(34-29(30)33)20-23-16-18-26(19-17-23)31(24-12-7-5-8-13-24)25-14-9-6-10-15-25/h5-10,12-20,22H,3-4,11,21H2,1-2H3/b27-20+. The molecule has 1 atom stereocenters. The lowest BCUT2D eigenvalue weighted by atomic mass is 10.0. The Morgan fingerprint density at radius 3 is 1.97 bits per heavy atom. The molecule has 0 spiro atoms. The van der Waals surface area contributed by atoms with Crippen LogP contribution in [0.2, 0.25) is 0 Å². The number of rotatable bonds is 9. The molecule has 0 bridgehead atoms.